The summed E-state index contributed by atoms with van der Waals surface area (Å²) >= 11 is 0. The molecule has 2 heterocycles. The number of fused-ring (bicyclic) bond motifs is 1. The number of pyridine rings is 1. The topological polar surface area (TPSA) is 115 Å². The van der Waals surface area contributed by atoms with E-state index in [1.807, 2.05) is 54.6 Å². The highest BCUT2D eigenvalue weighted by atomic mass is 16.1. The van der Waals surface area contributed by atoms with Crippen molar-refractivity contribution in [2.75, 3.05) is 5.32 Å². The third kappa shape index (κ3) is 6.89. The first-order valence-electron chi connectivity index (χ1n) is 15.5. The number of hydrogen-bond donors (Lipinski definition) is 4. The number of aromatic nitrogens is 1. The lowest BCUT2D eigenvalue weighted by atomic mass is 9.88. The van der Waals surface area contributed by atoms with Crippen LogP contribution in [0, 0.1) is 5.41 Å². The highest BCUT2D eigenvalue weighted by molar-refractivity contribution is 5.98. The Morgan fingerprint density at radius 1 is 1.05 bits per heavy atom. The molecular formula is C36H43N5O2. The van der Waals surface area contributed by atoms with E-state index in [4.69, 9.17) is 11.1 Å². The minimum atomic E-state index is -0.225. The Balaban J connectivity index is 1.66. The second-order valence-corrected chi connectivity index (χ2v) is 12.0. The monoisotopic (exact) mass is 577 g/mol. The number of benzene rings is 3. The number of unbranched alkanes of at least 4 members (excludes halogenated alkanes) is 1. The minimum Gasteiger partial charge on any atom is -0.384 e. The van der Waals surface area contributed by atoms with E-state index in [1.54, 1.807) is 12.1 Å². The van der Waals surface area contributed by atoms with Gasteiger partial charge < -0.3 is 16.0 Å². The molecule has 4 aromatic rings. The van der Waals surface area contributed by atoms with E-state index < -0.39 is 0 Å². The third-order valence-electron chi connectivity index (χ3n) is 8.78. The summed E-state index contributed by atoms with van der Waals surface area (Å²) in [7, 11) is 0. The van der Waals surface area contributed by atoms with Crippen molar-refractivity contribution in [3.8, 4) is 11.1 Å². The van der Waals surface area contributed by atoms with Crippen LogP contribution in [0.3, 0.4) is 0 Å². The van der Waals surface area contributed by atoms with Gasteiger partial charge in [0.1, 0.15) is 5.84 Å². The highest BCUT2D eigenvalue weighted by Gasteiger charge is 2.33. The molecule has 1 aromatic heterocycles. The molecule has 224 valence electrons. The third-order valence-corrected chi connectivity index (χ3v) is 8.78. The van der Waals surface area contributed by atoms with Gasteiger partial charge in [-0.05, 0) is 74.1 Å². The molecule has 7 nitrogen and oxygen atoms in total. The lowest BCUT2D eigenvalue weighted by Gasteiger charge is -2.45. The molecule has 5 rings (SSSR count). The first kappa shape index (κ1) is 30.2. The molecule has 43 heavy (non-hydrogen) atoms. The largest absolute Gasteiger partial charge is 0.384 e. The van der Waals surface area contributed by atoms with E-state index in [0.29, 0.717) is 40.0 Å². The summed E-state index contributed by atoms with van der Waals surface area (Å²) in [5, 5.41) is 12.0. The van der Waals surface area contributed by atoms with E-state index in [0.717, 1.165) is 48.6 Å². The molecule has 0 spiro atoms. The second kappa shape index (κ2) is 13.4. The number of hydrogen-bond acceptors (Lipinski definition) is 4. The van der Waals surface area contributed by atoms with E-state index in [1.165, 1.54) is 6.42 Å². The zero-order chi connectivity index (χ0) is 30.5. The second-order valence-electron chi connectivity index (χ2n) is 12.0. The average Bonchev–Trinajstić information content (AvgIpc) is 2.98. The average molecular weight is 578 g/mol. The molecule has 3 atom stereocenters. The van der Waals surface area contributed by atoms with E-state index in [-0.39, 0.29) is 29.8 Å². The molecule has 3 aromatic carbocycles. The molecule has 0 radical (unpaired) electrons. The molecule has 1 fully saturated rings. The van der Waals surface area contributed by atoms with Gasteiger partial charge in [-0.1, -0.05) is 74.7 Å². The Hall–Kier alpha value is -4.23. The number of amidine groups is 1. The van der Waals surface area contributed by atoms with E-state index in [9.17, 15) is 9.59 Å². The summed E-state index contributed by atoms with van der Waals surface area (Å²) in [6.07, 6.45) is 6.93. The predicted molar refractivity (Wildman–Crippen MR) is 177 cm³/mol. The van der Waals surface area contributed by atoms with Gasteiger partial charge in [0.05, 0.1) is 11.9 Å². The predicted octanol–water partition coefficient (Wildman–Crippen LogP) is 7.15. The number of H-pyrrole nitrogens is 1. The van der Waals surface area contributed by atoms with Gasteiger partial charge in [0.15, 0.2) is 0 Å². The number of aromatic amines is 1. The Bertz CT molecular complexity index is 1650. The molecule has 1 aliphatic rings. The van der Waals surface area contributed by atoms with Gasteiger partial charge >= 0.3 is 0 Å². The number of carbonyl (C=O) groups excluding carboxylic acids is 1. The minimum absolute atomic E-state index is 0.0386. The first-order valence-corrected chi connectivity index (χ1v) is 15.5. The van der Waals surface area contributed by atoms with Crippen molar-refractivity contribution in [2.24, 2.45) is 5.73 Å². The van der Waals surface area contributed by atoms with Crippen molar-refractivity contribution in [1.29, 1.82) is 5.41 Å². The number of nitrogens with two attached hydrogens (primary N) is 1. The van der Waals surface area contributed by atoms with Crippen molar-refractivity contribution in [3.63, 3.8) is 0 Å². The number of nitrogens with zero attached hydrogens (tertiary/aromatic N) is 1. The molecule has 0 saturated carbocycles. The lowest BCUT2D eigenvalue weighted by Crippen LogP contribution is -2.46. The number of carbonyl (C=O) groups is 1. The number of anilines is 1. The van der Waals surface area contributed by atoms with Gasteiger partial charge in [-0.3, -0.25) is 19.9 Å². The maximum absolute atomic E-state index is 13.5. The molecular weight excluding hydrogens is 534 g/mol. The maximum Gasteiger partial charge on any atom is 0.256 e. The normalized spacial score (nSPS) is 17.9. The molecule has 0 bridgehead atoms. The highest BCUT2D eigenvalue weighted by Crippen LogP contribution is 2.40. The maximum atomic E-state index is 13.5. The van der Waals surface area contributed by atoms with Gasteiger partial charge in [-0.2, -0.15) is 0 Å². The van der Waals surface area contributed by atoms with Crippen LogP contribution in [0.15, 0.2) is 77.6 Å². The van der Waals surface area contributed by atoms with Crippen molar-refractivity contribution in [2.45, 2.75) is 83.8 Å². The Morgan fingerprint density at radius 3 is 2.49 bits per heavy atom. The lowest BCUT2D eigenvalue weighted by molar-refractivity contribution is -0.115. The van der Waals surface area contributed by atoms with Gasteiger partial charge in [-0.15, -0.1) is 0 Å². The smallest absolute Gasteiger partial charge is 0.256 e. The number of nitrogen functional groups attached to an aromatic ring is 1. The molecule has 7 heteroatoms. The Labute approximate surface area is 254 Å². The van der Waals surface area contributed by atoms with Crippen LogP contribution in [-0.2, 0) is 11.2 Å². The summed E-state index contributed by atoms with van der Waals surface area (Å²) in [4.78, 5) is 32.5. The fourth-order valence-electron chi connectivity index (χ4n) is 6.66. The summed E-state index contributed by atoms with van der Waals surface area (Å²) in [6.45, 7) is 6.86. The quantitative estimate of drug-likeness (QED) is 0.118. The molecule has 1 aliphatic heterocycles. The van der Waals surface area contributed by atoms with Crippen molar-refractivity contribution >= 4 is 28.3 Å². The van der Waals surface area contributed by atoms with Gasteiger partial charge in [0.25, 0.3) is 5.56 Å². The molecule has 1 amide bonds. The van der Waals surface area contributed by atoms with Crippen molar-refractivity contribution < 1.29 is 4.79 Å². The number of likely N-dealkylation sites (tertiary alicyclic amines) is 1. The van der Waals surface area contributed by atoms with E-state index in [2.05, 4.69) is 42.0 Å². The van der Waals surface area contributed by atoms with Gasteiger partial charge in [0, 0.05) is 40.3 Å². The van der Waals surface area contributed by atoms with Gasteiger partial charge in [0.2, 0.25) is 5.91 Å². The standard InChI is InChI=1S/C36H43N5O2/c1-4-5-17-33(41-23(2)11-9-12-24(41)3)31-20-28(39-34(42)18-25-13-7-6-8-14-25)21-32-30(31)22-29(36(43)40-32)26-15-10-16-27(19-26)35(37)38/h6-8,10,13-16,19-24,33H,4-5,9,11-12,17-18H2,1-3H3,(H3,37,38)(H,39,42)(H,40,43). The van der Waals surface area contributed by atoms with Crippen molar-refractivity contribution in [3.05, 3.63) is 99.8 Å². The Kier molecular flexibility index (Phi) is 9.41. The molecule has 1 saturated heterocycles. The van der Waals surface area contributed by atoms with E-state index >= 15 is 0 Å². The zero-order valence-electron chi connectivity index (χ0n) is 25.5. The number of piperidine rings is 1. The fourth-order valence-corrected chi connectivity index (χ4v) is 6.66. The zero-order valence-corrected chi connectivity index (χ0v) is 25.5. The summed E-state index contributed by atoms with van der Waals surface area (Å²) in [5.74, 6) is -0.135. The molecule has 3 unspecified atom stereocenters. The van der Waals surface area contributed by atoms with Crippen molar-refractivity contribution in [1.82, 2.24) is 9.88 Å². The van der Waals surface area contributed by atoms with Gasteiger partial charge in [-0.25, -0.2) is 0 Å². The Morgan fingerprint density at radius 2 is 1.79 bits per heavy atom. The SMILES string of the molecule is CCCCC(c1cc(NC(=O)Cc2ccccc2)cc2[nH]c(=O)c(-c3cccc(C(=N)N)c3)cc12)N1C(C)CCCC1C. The summed E-state index contributed by atoms with van der Waals surface area (Å²) < 4.78 is 0. The van der Waals surface area contributed by atoms with Crippen LogP contribution in [-0.4, -0.2) is 33.7 Å². The van der Waals surface area contributed by atoms with Crippen LogP contribution >= 0.6 is 0 Å². The molecule has 5 N–H and O–H groups in total. The van der Waals surface area contributed by atoms with Crippen LogP contribution in [0.25, 0.3) is 22.0 Å². The summed E-state index contributed by atoms with van der Waals surface area (Å²) in [5.41, 5.74) is 10.8. The number of nitrogens with one attached hydrogen (secondary N) is 3. The van der Waals surface area contributed by atoms with Crippen LogP contribution < -0.4 is 16.6 Å². The van der Waals surface area contributed by atoms with Crippen LogP contribution in [0.2, 0.25) is 0 Å². The van der Waals surface area contributed by atoms with Crippen LogP contribution in [0.4, 0.5) is 5.69 Å². The number of amides is 1. The molecule has 0 aliphatic carbocycles. The van der Waals surface area contributed by atoms with Crippen LogP contribution in [0.5, 0.6) is 0 Å². The summed E-state index contributed by atoms with van der Waals surface area (Å²) in [6, 6.07) is 23.9. The number of rotatable bonds is 10. The fraction of sp³-hybridized carbons (Fsp3) is 0.361. The van der Waals surface area contributed by atoms with Crippen LogP contribution in [0.1, 0.15) is 82.0 Å². The first-order chi connectivity index (χ1) is 20.7.